The van der Waals surface area contributed by atoms with Crippen LogP contribution < -0.4 is 20.1 Å². The maximum Gasteiger partial charge on any atom is 0.293 e. The van der Waals surface area contributed by atoms with Gasteiger partial charge in [-0.2, -0.15) is 0 Å². The van der Waals surface area contributed by atoms with Crippen molar-refractivity contribution in [2.24, 2.45) is 0 Å². The summed E-state index contributed by atoms with van der Waals surface area (Å²) >= 11 is 5.07. The Hall–Kier alpha value is -3.37. The molecule has 0 radical (unpaired) electrons. The van der Waals surface area contributed by atoms with Crippen LogP contribution in [0.4, 0.5) is 11.4 Å². The fraction of sp³-hybridized carbons (Fsp3) is 0.0526. The van der Waals surface area contributed by atoms with Crippen LogP contribution in [0.25, 0.3) is 0 Å². The van der Waals surface area contributed by atoms with E-state index in [0.717, 1.165) is 0 Å². The van der Waals surface area contributed by atoms with E-state index in [1.165, 1.54) is 43.7 Å². The van der Waals surface area contributed by atoms with E-state index in [4.69, 9.17) is 21.4 Å². The van der Waals surface area contributed by atoms with E-state index in [1.54, 1.807) is 30.3 Å². The van der Waals surface area contributed by atoms with E-state index >= 15 is 0 Å². The molecule has 0 spiro atoms. The summed E-state index contributed by atoms with van der Waals surface area (Å²) in [5.41, 5.74) is 0.924. The van der Waals surface area contributed by atoms with E-state index in [-0.39, 0.29) is 15.8 Å². The Morgan fingerprint density at radius 3 is 2.24 bits per heavy atom. The lowest BCUT2D eigenvalue weighted by Gasteiger charge is -2.11. The third-order valence-electron chi connectivity index (χ3n) is 3.74. The van der Waals surface area contributed by atoms with Gasteiger partial charge in [0.2, 0.25) is 0 Å². The van der Waals surface area contributed by atoms with Crippen molar-refractivity contribution in [3.63, 3.8) is 0 Å². The molecule has 0 saturated heterocycles. The fourth-order valence-corrected chi connectivity index (χ4v) is 3.59. The van der Waals surface area contributed by atoms with Crippen molar-refractivity contribution in [1.82, 2.24) is 5.32 Å². The van der Waals surface area contributed by atoms with Crippen molar-refractivity contribution >= 4 is 44.6 Å². The second-order valence-electron chi connectivity index (χ2n) is 5.74. The average molecular weight is 431 g/mol. The summed E-state index contributed by atoms with van der Waals surface area (Å²) in [6.45, 7) is 0. The summed E-state index contributed by atoms with van der Waals surface area (Å²) in [6.07, 6.45) is 1.38. The molecule has 0 aliphatic carbocycles. The van der Waals surface area contributed by atoms with Gasteiger partial charge in [-0.3, -0.25) is 14.8 Å². The van der Waals surface area contributed by atoms with Gasteiger partial charge >= 0.3 is 0 Å². The topological polar surface area (TPSA) is 110 Å². The molecule has 3 N–H and O–H groups in total. The maximum atomic E-state index is 12.5. The molecule has 0 saturated carbocycles. The van der Waals surface area contributed by atoms with Gasteiger partial charge in [-0.25, -0.2) is 8.42 Å². The fourth-order valence-electron chi connectivity index (χ4n) is 2.33. The zero-order valence-corrected chi connectivity index (χ0v) is 16.8. The van der Waals surface area contributed by atoms with Gasteiger partial charge in [0, 0.05) is 11.4 Å². The summed E-state index contributed by atoms with van der Waals surface area (Å²) in [7, 11) is -2.23. The van der Waals surface area contributed by atoms with Crippen LogP contribution in [0.2, 0.25) is 0 Å². The number of sulfonamides is 1. The molecular formula is C19H17N3O5S2. The molecule has 0 aliphatic heterocycles. The number of hydrogen-bond donors (Lipinski definition) is 3. The third kappa shape index (κ3) is 5.33. The highest BCUT2D eigenvalue weighted by Crippen LogP contribution is 2.20. The van der Waals surface area contributed by atoms with Crippen molar-refractivity contribution in [3.05, 3.63) is 72.7 Å². The highest BCUT2D eigenvalue weighted by molar-refractivity contribution is 7.92. The van der Waals surface area contributed by atoms with Gasteiger partial charge in [-0.1, -0.05) is 0 Å². The Balaban J connectivity index is 1.62. The molecule has 1 heterocycles. The Bertz CT molecular complexity index is 1090. The van der Waals surface area contributed by atoms with Gasteiger partial charge < -0.3 is 14.5 Å². The van der Waals surface area contributed by atoms with Crippen molar-refractivity contribution in [2.45, 2.75) is 4.90 Å². The minimum absolute atomic E-state index is 0.0540. The standard InChI is InChI=1S/C19H17N3O5S2/c1-26-15-8-4-14(5-9-15)22-29(24,25)16-10-6-13(7-11-16)20-19(28)21-18(23)17-3-2-12-27-17/h2-12,22H,1H3,(H2,20,21,23,28). The number of benzene rings is 2. The lowest BCUT2D eigenvalue weighted by Crippen LogP contribution is -2.33. The summed E-state index contributed by atoms with van der Waals surface area (Å²) in [5, 5.41) is 5.32. The van der Waals surface area contributed by atoms with Crippen molar-refractivity contribution < 1.29 is 22.4 Å². The molecule has 29 heavy (non-hydrogen) atoms. The van der Waals surface area contributed by atoms with Crippen LogP contribution in [0.15, 0.2) is 76.2 Å². The number of hydrogen-bond acceptors (Lipinski definition) is 6. The number of nitrogens with one attached hydrogen (secondary N) is 3. The molecule has 0 aliphatic rings. The van der Waals surface area contributed by atoms with Gasteiger partial charge in [0.15, 0.2) is 10.9 Å². The monoisotopic (exact) mass is 431 g/mol. The highest BCUT2D eigenvalue weighted by atomic mass is 32.2. The van der Waals surface area contributed by atoms with Gasteiger partial charge in [-0.15, -0.1) is 0 Å². The summed E-state index contributed by atoms with van der Waals surface area (Å²) in [6, 6.07) is 15.5. The van der Waals surface area contributed by atoms with E-state index in [0.29, 0.717) is 17.1 Å². The molecular weight excluding hydrogens is 414 g/mol. The SMILES string of the molecule is COc1ccc(NS(=O)(=O)c2ccc(NC(=S)NC(=O)c3ccco3)cc2)cc1. The molecule has 0 unspecified atom stereocenters. The number of furan rings is 1. The van der Waals surface area contributed by atoms with Crippen molar-refractivity contribution in [3.8, 4) is 5.75 Å². The quantitative estimate of drug-likeness (QED) is 0.514. The Morgan fingerprint density at radius 1 is 1.00 bits per heavy atom. The highest BCUT2D eigenvalue weighted by Gasteiger charge is 2.15. The second-order valence-corrected chi connectivity index (χ2v) is 7.83. The first-order chi connectivity index (χ1) is 13.9. The lowest BCUT2D eigenvalue weighted by molar-refractivity contribution is 0.0950. The van der Waals surface area contributed by atoms with Gasteiger partial charge in [0.25, 0.3) is 15.9 Å². The zero-order chi connectivity index (χ0) is 20.9. The number of thiocarbonyl (C=S) groups is 1. The number of ether oxygens (including phenoxy) is 1. The molecule has 150 valence electrons. The van der Waals surface area contributed by atoms with E-state index < -0.39 is 15.9 Å². The molecule has 1 amide bonds. The molecule has 0 atom stereocenters. The Kier molecular flexibility index (Phi) is 6.15. The van der Waals surface area contributed by atoms with Crippen LogP contribution in [-0.2, 0) is 10.0 Å². The first-order valence-corrected chi connectivity index (χ1v) is 10.2. The van der Waals surface area contributed by atoms with Gasteiger partial charge in [0.1, 0.15) is 5.75 Å². The molecule has 10 heteroatoms. The van der Waals surface area contributed by atoms with E-state index in [2.05, 4.69) is 15.4 Å². The van der Waals surface area contributed by atoms with Crippen LogP contribution in [0.5, 0.6) is 5.75 Å². The van der Waals surface area contributed by atoms with E-state index in [1.807, 2.05) is 0 Å². The molecule has 2 aromatic carbocycles. The number of carbonyl (C=O) groups excluding carboxylic acids is 1. The number of rotatable bonds is 6. The minimum atomic E-state index is -3.76. The third-order valence-corrected chi connectivity index (χ3v) is 5.34. The number of amides is 1. The van der Waals surface area contributed by atoms with Gasteiger partial charge in [0.05, 0.1) is 18.3 Å². The Morgan fingerprint density at radius 2 is 1.66 bits per heavy atom. The van der Waals surface area contributed by atoms with Crippen LogP contribution >= 0.6 is 12.2 Å². The summed E-state index contributed by atoms with van der Waals surface area (Å²) in [5.74, 6) is 0.258. The summed E-state index contributed by atoms with van der Waals surface area (Å²) < 4.78 is 37.5. The van der Waals surface area contributed by atoms with E-state index in [9.17, 15) is 13.2 Å². The molecule has 3 rings (SSSR count). The maximum absolute atomic E-state index is 12.5. The molecule has 0 fully saturated rings. The molecule has 8 nitrogen and oxygen atoms in total. The predicted molar refractivity (Wildman–Crippen MR) is 113 cm³/mol. The average Bonchev–Trinajstić information content (AvgIpc) is 3.24. The predicted octanol–water partition coefficient (Wildman–Crippen LogP) is 3.22. The summed E-state index contributed by atoms with van der Waals surface area (Å²) in [4.78, 5) is 12.0. The number of anilines is 2. The van der Waals surface area contributed by atoms with Crippen LogP contribution in [0, 0.1) is 0 Å². The first kappa shape index (κ1) is 20.4. The smallest absolute Gasteiger partial charge is 0.293 e. The largest absolute Gasteiger partial charge is 0.497 e. The first-order valence-electron chi connectivity index (χ1n) is 8.30. The zero-order valence-electron chi connectivity index (χ0n) is 15.2. The Labute approximate surface area is 172 Å². The number of methoxy groups -OCH3 is 1. The molecule has 1 aromatic heterocycles. The number of carbonyl (C=O) groups is 1. The minimum Gasteiger partial charge on any atom is -0.497 e. The van der Waals surface area contributed by atoms with Crippen molar-refractivity contribution in [1.29, 1.82) is 0 Å². The van der Waals surface area contributed by atoms with Crippen molar-refractivity contribution in [2.75, 3.05) is 17.1 Å². The lowest BCUT2D eigenvalue weighted by atomic mass is 10.3. The molecule has 0 bridgehead atoms. The van der Waals surface area contributed by atoms with Crippen LogP contribution in [0.3, 0.4) is 0 Å². The normalized spacial score (nSPS) is 10.8. The van der Waals surface area contributed by atoms with Gasteiger partial charge in [-0.05, 0) is 72.9 Å². The van der Waals surface area contributed by atoms with Crippen LogP contribution in [-0.4, -0.2) is 26.5 Å². The van der Waals surface area contributed by atoms with Crippen LogP contribution in [0.1, 0.15) is 10.6 Å². The second kappa shape index (κ2) is 8.76. The molecule has 3 aromatic rings.